The Hall–Kier alpha value is -2.05. The van der Waals surface area contributed by atoms with Crippen molar-refractivity contribution in [2.24, 2.45) is 16.2 Å². The number of hydrogen-bond donors (Lipinski definition) is 0. The molecule has 0 bridgehead atoms. The van der Waals surface area contributed by atoms with E-state index >= 15 is 0 Å². The number of carbonyl (C=O) groups is 6. The van der Waals surface area contributed by atoms with Gasteiger partial charge >= 0.3 is 17.4 Å². The Labute approximate surface area is 194 Å². The second kappa shape index (κ2) is 14.9. The van der Waals surface area contributed by atoms with E-state index in [0.29, 0.717) is 0 Å². The van der Waals surface area contributed by atoms with Gasteiger partial charge in [-0.25, -0.2) is 0 Å². The molecule has 0 amide bonds. The van der Waals surface area contributed by atoms with Gasteiger partial charge in [-0.1, -0.05) is 20.8 Å². The first kappa shape index (κ1) is 36.3. The molecule has 0 aliphatic rings. The Bertz CT molecular complexity index is 571. The molecule has 0 aromatic heterocycles. The molecule has 0 rings (SSSR count). The zero-order valence-electron chi connectivity index (χ0n) is 19.9. The Kier molecular flexibility index (Phi) is 17.4. The number of ketones is 3. The summed E-state index contributed by atoms with van der Waals surface area (Å²) < 4.78 is 0. The maximum atomic E-state index is 10.9. The number of rotatable bonds is 9. The minimum absolute atomic E-state index is 0. The molecule has 0 radical (unpaired) electrons. The van der Waals surface area contributed by atoms with Gasteiger partial charge in [-0.2, -0.15) is 0 Å². The number of aliphatic carboxylic acids is 3. The van der Waals surface area contributed by atoms with Gasteiger partial charge < -0.3 is 29.7 Å². The van der Waals surface area contributed by atoms with Gasteiger partial charge in [0.05, 0.1) is 34.2 Å². The molecule has 0 aromatic rings. The monoisotopic (exact) mass is 456 g/mol. The van der Waals surface area contributed by atoms with Crippen LogP contribution < -0.4 is 15.3 Å². The molecule has 174 valence electrons. The molecule has 0 saturated heterocycles. The largest absolute Gasteiger partial charge is 3.00 e. The van der Waals surface area contributed by atoms with Gasteiger partial charge in [0.25, 0.3) is 0 Å². The Morgan fingerprint density at radius 1 is 0.484 bits per heavy atom. The van der Waals surface area contributed by atoms with Gasteiger partial charge in [0.1, 0.15) is 17.3 Å². The van der Waals surface area contributed by atoms with Crippen molar-refractivity contribution in [2.75, 3.05) is 0 Å². The second-order valence-electron chi connectivity index (χ2n) is 8.07. The zero-order valence-corrected chi connectivity index (χ0v) is 21.0. The van der Waals surface area contributed by atoms with Crippen LogP contribution in [-0.2, 0) is 28.8 Å². The SMILES string of the molecule is CCC(=O)C(C)(C)C(=O)[O-].CCC(=O)C(C)(C)C(=O)[O-].CCC(=O)C(C)(C)C(=O)[O-].[Al+3]. The number of carboxylic acids is 3. The fourth-order valence-corrected chi connectivity index (χ4v) is 1.67. The molecule has 0 N–H and O–H groups in total. The van der Waals surface area contributed by atoms with Gasteiger partial charge in [-0.15, -0.1) is 0 Å². The predicted molar refractivity (Wildman–Crippen MR) is 108 cm³/mol. The molecule has 10 heteroatoms. The first-order valence-electron chi connectivity index (χ1n) is 9.52. The van der Waals surface area contributed by atoms with Crippen molar-refractivity contribution in [3.05, 3.63) is 0 Å². The standard InChI is InChI=1S/3C7H12O3.Al/c3*1-4-5(8)7(2,3)6(9)10;/h3*4H2,1-3H3,(H,9,10);/q;;;+3/p-3. The van der Waals surface area contributed by atoms with Crippen LogP contribution in [0.2, 0.25) is 0 Å². The molecule has 0 unspecified atom stereocenters. The third-order valence-electron chi connectivity index (χ3n) is 4.59. The van der Waals surface area contributed by atoms with Crippen LogP contribution in [0.1, 0.15) is 81.6 Å². The van der Waals surface area contributed by atoms with Crippen molar-refractivity contribution in [3.8, 4) is 0 Å². The molecule has 9 nitrogen and oxygen atoms in total. The number of carboxylic acid groups (broad SMARTS) is 3. The maximum absolute atomic E-state index is 10.9. The van der Waals surface area contributed by atoms with Gasteiger partial charge in [0, 0.05) is 19.3 Å². The fourth-order valence-electron chi connectivity index (χ4n) is 1.67. The minimum Gasteiger partial charge on any atom is -0.549 e. The number of Topliss-reactive ketones (excluding diaryl/α,β-unsaturated/α-hetero) is 3. The third-order valence-corrected chi connectivity index (χ3v) is 4.59. The van der Waals surface area contributed by atoms with Crippen molar-refractivity contribution in [3.63, 3.8) is 0 Å². The molecule has 0 aliphatic carbocycles. The molecule has 0 atom stereocenters. The summed E-state index contributed by atoms with van der Waals surface area (Å²) in [5.41, 5.74) is -3.97. The van der Waals surface area contributed by atoms with E-state index in [1.807, 2.05) is 0 Å². The second-order valence-corrected chi connectivity index (χ2v) is 8.07. The molecule has 0 fully saturated rings. The summed E-state index contributed by atoms with van der Waals surface area (Å²) >= 11 is 0. The van der Waals surface area contributed by atoms with Crippen LogP contribution in [0.4, 0.5) is 0 Å². The van der Waals surface area contributed by atoms with Crippen LogP contribution in [0, 0.1) is 16.2 Å². The first-order valence-corrected chi connectivity index (χ1v) is 9.52. The van der Waals surface area contributed by atoms with Crippen LogP contribution >= 0.6 is 0 Å². The van der Waals surface area contributed by atoms with Gasteiger partial charge in [-0.05, 0) is 41.5 Å². The molecule has 0 aromatic carbocycles. The Morgan fingerprint density at radius 3 is 0.645 bits per heavy atom. The zero-order chi connectivity index (χ0) is 25.1. The summed E-state index contributed by atoms with van der Waals surface area (Å²) in [5, 5.41) is 30.9. The van der Waals surface area contributed by atoms with E-state index in [0.717, 1.165) is 0 Å². The normalized spacial score (nSPS) is 10.7. The van der Waals surface area contributed by atoms with Crippen molar-refractivity contribution < 1.29 is 44.1 Å². The summed E-state index contributed by atoms with van der Waals surface area (Å²) in [6.45, 7) is 13.0. The van der Waals surface area contributed by atoms with E-state index in [1.54, 1.807) is 20.8 Å². The summed E-state index contributed by atoms with van der Waals surface area (Å²) in [7, 11) is 0. The third kappa shape index (κ3) is 11.8. The van der Waals surface area contributed by atoms with Crippen molar-refractivity contribution in [2.45, 2.75) is 81.6 Å². The molecule has 0 aliphatic heterocycles. The van der Waals surface area contributed by atoms with Crippen molar-refractivity contribution >= 4 is 52.6 Å². The molecule has 0 saturated carbocycles. The van der Waals surface area contributed by atoms with Crippen LogP contribution in [0.3, 0.4) is 0 Å². The summed E-state index contributed by atoms with van der Waals surface area (Å²) in [6.07, 6.45) is 0.711. The predicted octanol–water partition coefficient (Wildman–Crippen LogP) is -1.16. The van der Waals surface area contributed by atoms with E-state index in [2.05, 4.69) is 0 Å². The van der Waals surface area contributed by atoms with E-state index < -0.39 is 34.2 Å². The van der Waals surface area contributed by atoms with E-state index in [4.69, 9.17) is 0 Å². The van der Waals surface area contributed by atoms with Crippen molar-refractivity contribution in [1.29, 1.82) is 0 Å². The quantitative estimate of drug-likeness (QED) is 0.306. The summed E-state index contributed by atoms with van der Waals surface area (Å²) in [4.78, 5) is 63.4. The van der Waals surface area contributed by atoms with E-state index in [1.165, 1.54) is 41.5 Å². The van der Waals surface area contributed by atoms with Crippen LogP contribution in [0.5, 0.6) is 0 Å². The minimum atomic E-state index is -1.32. The van der Waals surface area contributed by atoms with Crippen LogP contribution in [0.25, 0.3) is 0 Å². The molecular weight excluding hydrogens is 423 g/mol. The van der Waals surface area contributed by atoms with Crippen LogP contribution in [0.15, 0.2) is 0 Å². The molecule has 31 heavy (non-hydrogen) atoms. The first-order chi connectivity index (χ1) is 13.3. The van der Waals surface area contributed by atoms with Gasteiger partial charge in [0.2, 0.25) is 0 Å². The molecular formula is C21H33AlO9. The fraction of sp³-hybridized carbons (Fsp3) is 0.714. The average molecular weight is 456 g/mol. The van der Waals surface area contributed by atoms with E-state index in [-0.39, 0.29) is 54.0 Å². The topological polar surface area (TPSA) is 172 Å². The smallest absolute Gasteiger partial charge is 0.549 e. The van der Waals surface area contributed by atoms with Crippen LogP contribution in [-0.4, -0.2) is 52.6 Å². The Morgan fingerprint density at radius 2 is 0.613 bits per heavy atom. The van der Waals surface area contributed by atoms with Crippen molar-refractivity contribution in [1.82, 2.24) is 0 Å². The summed E-state index contributed by atoms with van der Waals surface area (Å²) in [5.74, 6) is -4.81. The number of carbonyl (C=O) groups excluding carboxylic acids is 6. The number of hydrogen-bond acceptors (Lipinski definition) is 9. The Balaban J connectivity index is -0.000000174. The molecule has 0 heterocycles. The maximum Gasteiger partial charge on any atom is 3.00 e. The van der Waals surface area contributed by atoms with Gasteiger partial charge in [-0.3, -0.25) is 14.4 Å². The average Bonchev–Trinajstić information content (AvgIpc) is 2.66. The summed E-state index contributed by atoms with van der Waals surface area (Å²) in [6, 6.07) is 0. The van der Waals surface area contributed by atoms with Gasteiger partial charge in [0.15, 0.2) is 0 Å². The van der Waals surface area contributed by atoms with E-state index in [9.17, 15) is 44.1 Å². The molecule has 0 spiro atoms.